The van der Waals surface area contributed by atoms with E-state index in [1.165, 1.54) is 0 Å². The largest absolute Gasteiger partial charge is 0.375 e. The molecule has 0 amide bonds. The summed E-state index contributed by atoms with van der Waals surface area (Å²) in [6.07, 6.45) is 1.94. The van der Waals surface area contributed by atoms with E-state index in [4.69, 9.17) is 10.5 Å². The zero-order chi connectivity index (χ0) is 13.6. The minimum atomic E-state index is -0.0959. The lowest BCUT2D eigenvalue weighted by Gasteiger charge is -2.36. The van der Waals surface area contributed by atoms with Crippen molar-refractivity contribution in [1.82, 2.24) is 9.55 Å². The summed E-state index contributed by atoms with van der Waals surface area (Å²) in [6.45, 7) is 5.03. The lowest BCUT2D eigenvalue weighted by Crippen LogP contribution is -2.35. The van der Waals surface area contributed by atoms with Gasteiger partial charge >= 0.3 is 0 Å². The average Bonchev–Trinajstić information content (AvgIpc) is 2.62. The molecule has 0 bridgehead atoms. The third kappa shape index (κ3) is 2.37. The topological polar surface area (TPSA) is 53.1 Å². The van der Waals surface area contributed by atoms with Crippen LogP contribution in [0.15, 0.2) is 22.7 Å². The average molecular weight is 324 g/mol. The van der Waals surface area contributed by atoms with Gasteiger partial charge in [-0.25, -0.2) is 4.98 Å². The molecule has 1 aromatic heterocycles. The lowest BCUT2D eigenvalue weighted by molar-refractivity contribution is -0.0682. The maximum absolute atomic E-state index is 6.12. The third-order valence-corrected chi connectivity index (χ3v) is 4.21. The summed E-state index contributed by atoms with van der Waals surface area (Å²) in [5, 5.41) is 0. The van der Waals surface area contributed by atoms with E-state index in [2.05, 4.69) is 45.4 Å². The van der Waals surface area contributed by atoms with E-state index in [-0.39, 0.29) is 5.60 Å². The van der Waals surface area contributed by atoms with Crippen LogP contribution in [0, 0.1) is 0 Å². The summed E-state index contributed by atoms with van der Waals surface area (Å²) in [5.74, 6) is 0.593. The standard InChI is InChI=1S/C14H18BrN3O/c1-14(2)8-10(5-6-19-14)18-12-4-3-9(15)7-11(12)17-13(18)16/h3-4,7,10H,5-6,8H2,1-2H3,(H2,16,17). The molecule has 0 radical (unpaired) electrons. The molecule has 1 atom stereocenters. The third-order valence-electron chi connectivity index (χ3n) is 3.72. The molecule has 102 valence electrons. The van der Waals surface area contributed by atoms with Crippen LogP contribution in [0.1, 0.15) is 32.7 Å². The minimum Gasteiger partial charge on any atom is -0.375 e. The van der Waals surface area contributed by atoms with E-state index < -0.39 is 0 Å². The molecule has 2 aromatic rings. The Bertz CT molecular complexity index is 620. The summed E-state index contributed by atoms with van der Waals surface area (Å²) in [6, 6.07) is 6.47. The van der Waals surface area contributed by atoms with E-state index in [0.29, 0.717) is 12.0 Å². The van der Waals surface area contributed by atoms with E-state index in [0.717, 1.165) is 35.0 Å². The number of nitrogens with zero attached hydrogens (tertiary/aromatic N) is 2. The smallest absolute Gasteiger partial charge is 0.201 e. The van der Waals surface area contributed by atoms with Gasteiger partial charge in [0.15, 0.2) is 0 Å². The molecule has 0 aliphatic carbocycles. The fraction of sp³-hybridized carbons (Fsp3) is 0.500. The number of nitrogens with two attached hydrogens (primary N) is 1. The maximum Gasteiger partial charge on any atom is 0.201 e. The highest BCUT2D eigenvalue weighted by atomic mass is 79.9. The Balaban J connectivity index is 2.07. The summed E-state index contributed by atoms with van der Waals surface area (Å²) in [7, 11) is 0. The van der Waals surface area contributed by atoms with Crippen LogP contribution in [0.3, 0.4) is 0 Å². The zero-order valence-electron chi connectivity index (χ0n) is 11.2. The molecule has 2 heterocycles. The highest BCUT2D eigenvalue weighted by Crippen LogP contribution is 2.36. The number of hydrogen-bond acceptors (Lipinski definition) is 3. The van der Waals surface area contributed by atoms with Crippen molar-refractivity contribution >= 4 is 32.9 Å². The molecule has 1 aromatic carbocycles. The number of hydrogen-bond donors (Lipinski definition) is 1. The van der Waals surface area contributed by atoms with Crippen LogP contribution in [0.2, 0.25) is 0 Å². The number of halogens is 1. The fourth-order valence-corrected chi connectivity index (χ4v) is 3.24. The molecule has 1 unspecified atom stereocenters. The molecule has 1 fully saturated rings. The second kappa shape index (κ2) is 4.49. The Morgan fingerprint density at radius 1 is 1.47 bits per heavy atom. The second-order valence-corrected chi connectivity index (χ2v) is 6.64. The maximum atomic E-state index is 6.12. The molecular formula is C14H18BrN3O. The van der Waals surface area contributed by atoms with E-state index in [1.807, 2.05) is 12.1 Å². The first-order chi connectivity index (χ1) is 8.96. The normalized spacial score (nSPS) is 22.8. The van der Waals surface area contributed by atoms with E-state index in [1.54, 1.807) is 0 Å². The Labute approximate surface area is 121 Å². The first-order valence-corrected chi connectivity index (χ1v) is 7.32. The van der Waals surface area contributed by atoms with Gasteiger partial charge in [-0.3, -0.25) is 0 Å². The predicted octanol–water partition coefficient (Wildman–Crippen LogP) is 3.51. The van der Waals surface area contributed by atoms with Crippen LogP contribution in [-0.2, 0) is 4.74 Å². The molecule has 5 heteroatoms. The Kier molecular flexibility index (Phi) is 3.06. The molecule has 4 nitrogen and oxygen atoms in total. The highest BCUT2D eigenvalue weighted by molar-refractivity contribution is 9.10. The van der Waals surface area contributed by atoms with Crippen LogP contribution in [0.25, 0.3) is 11.0 Å². The Morgan fingerprint density at radius 3 is 3.00 bits per heavy atom. The van der Waals surface area contributed by atoms with Crippen molar-refractivity contribution in [1.29, 1.82) is 0 Å². The van der Waals surface area contributed by atoms with Crippen molar-refractivity contribution in [2.75, 3.05) is 12.3 Å². The number of imidazole rings is 1. The first kappa shape index (κ1) is 12.9. The number of aromatic nitrogens is 2. The number of ether oxygens (including phenoxy) is 1. The van der Waals surface area contributed by atoms with Crippen molar-refractivity contribution in [2.45, 2.75) is 38.3 Å². The van der Waals surface area contributed by atoms with Gasteiger partial charge in [-0.2, -0.15) is 0 Å². The van der Waals surface area contributed by atoms with Gasteiger partial charge in [-0.1, -0.05) is 15.9 Å². The summed E-state index contributed by atoms with van der Waals surface area (Å²) in [4.78, 5) is 4.47. The first-order valence-electron chi connectivity index (χ1n) is 6.53. The molecule has 0 spiro atoms. The van der Waals surface area contributed by atoms with Crippen LogP contribution in [0.5, 0.6) is 0 Å². The van der Waals surface area contributed by atoms with E-state index in [9.17, 15) is 0 Å². The number of rotatable bonds is 1. The van der Waals surface area contributed by atoms with Crippen molar-refractivity contribution in [3.05, 3.63) is 22.7 Å². The van der Waals surface area contributed by atoms with Crippen LogP contribution < -0.4 is 5.73 Å². The van der Waals surface area contributed by atoms with Gasteiger partial charge in [0.2, 0.25) is 5.95 Å². The van der Waals surface area contributed by atoms with Gasteiger partial charge in [0.25, 0.3) is 0 Å². The van der Waals surface area contributed by atoms with Crippen molar-refractivity contribution in [2.24, 2.45) is 0 Å². The monoisotopic (exact) mass is 323 g/mol. The lowest BCUT2D eigenvalue weighted by atomic mass is 9.93. The SMILES string of the molecule is CC1(C)CC(n2c(N)nc3cc(Br)ccc32)CCO1. The fourth-order valence-electron chi connectivity index (χ4n) is 2.89. The molecule has 1 saturated heterocycles. The van der Waals surface area contributed by atoms with Crippen LogP contribution in [0.4, 0.5) is 5.95 Å². The van der Waals surface area contributed by atoms with Gasteiger partial charge in [0.1, 0.15) is 0 Å². The number of nitrogen functional groups attached to an aromatic ring is 1. The van der Waals surface area contributed by atoms with Gasteiger partial charge < -0.3 is 15.0 Å². The van der Waals surface area contributed by atoms with Gasteiger partial charge in [0, 0.05) is 17.1 Å². The van der Waals surface area contributed by atoms with Crippen molar-refractivity contribution in [3.8, 4) is 0 Å². The number of fused-ring (bicyclic) bond motifs is 1. The second-order valence-electron chi connectivity index (χ2n) is 5.73. The van der Waals surface area contributed by atoms with Gasteiger partial charge in [-0.15, -0.1) is 0 Å². The molecule has 1 aliphatic rings. The van der Waals surface area contributed by atoms with Crippen LogP contribution >= 0.6 is 15.9 Å². The number of anilines is 1. The van der Waals surface area contributed by atoms with Crippen LogP contribution in [-0.4, -0.2) is 21.8 Å². The quantitative estimate of drug-likeness (QED) is 0.873. The Morgan fingerprint density at radius 2 is 2.26 bits per heavy atom. The van der Waals surface area contributed by atoms with E-state index >= 15 is 0 Å². The molecule has 0 saturated carbocycles. The summed E-state index contributed by atoms with van der Waals surface area (Å²) in [5.41, 5.74) is 8.06. The predicted molar refractivity (Wildman–Crippen MR) is 80.1 cm³/mol. The summed E-state index contributed by atoms with van der Waals surface area (Å²) < 4.78 is 8.97. The highest BCUT2D eigenvalue weighted by Gasteiger charge is 2.31. The zero-order valence-corrected chi connectivity index (χ0v) is 12.8. The Hall–Kier alpha value is -1.07. The molecule has 19 heavy (non-hydrogen) atoms. The molecular weight excluding hydrogens is 306 g/mol. The summed E-state index contributed by atoms with van der Waals surface area (Å²) >= 11 is 3.47. The molecule has 3 rings (SSSR count). The molecule has 1 aliphatic heterocycles. The van der Waals surface area contributed by atoms with Crippen molar-refractivity contribution < 1.29 is 4.74 Å². The van der Waals surface area contributed by atoms with Gasteiger partial charge in [-0.05, 0) is 44.9 Å². The van der Waals surface area contributed by atoms with Gasteiger partial charge in [0.05, 0.1) is 16.6 Å². The number of benzene rings is 1. The van der Waals surface area contributed by atoms with Crippen molar-refractivity contribution in [3.63, 3.8) is 0 Å². The minimum absolute atomic E-state index is 0.0959. The molecule has 2 N–H and O–H groups in total.